The zero-order chi connectivity index (χ0) is 14.3. The largest absolute Gasteiger partial charge is 0.493 e. The van der Waals surface area contributed by atoms with Crippen LogP contribution in [-0.4, -0.2) is 47.4 Å². The predicted molar refractivity (Wildman–Crippen MR) is 79.6 cm³/mol. The summed E-state index contributed by atoms with van der Waals surface area (Å²) in [5, 5.41) is 5.74. The van der Waals surface area contributed by atoms with E-state index in [2.05, 4.69) is 10.6 Å². The fraction of sp³-hybridized carbons (Fsp3) is 0.462. The number of hydrogen-bond donors (Lipinski definition) is 2. The van der Waals surface area contributed by atoms with Crippen LogP contribution in [-0.2, 0) is 0 Å². The van der Waals surface area contributed by atoms with Crippen molar-refractivity contribution in [2.45, 2.75) is 0 Å². The second-order valence-electron chi connectivity index (χ2n) is 3.77. The summed E-state index contributed by atoms with van der Waals surface area (Å²) < 4.78 is 15.6. The number of likely N-dealkylation sites (N-methyl/N-ethyl adjacent to an activating group) is 1. The molecule has 7 heteroatoms. The van der Waals surface area contributed by atoms with Crippen molar-refractivity contribution in [3.63, 3.8) is 0 Å². The number of methoxy groups -OCH3 is 3. The molecule has 0 aliphatic heterocycles. The second kappa shape index (κ2) is 9.28. The third-order valence-corrected chi connectivity index (χ3v) is 2.59. The summed E-state index contributed by atoms with van der Waals surface area (Å²) in [4.78, 5) is 12.0. The average Bonchev–Trinajstić information content (AvgIpc) is 2.45. The van der Waals surface area contributed by atoms with Gasteiger partial charge in [0.1, 0.15) is 0 Å². The minimum Gasteiger partial charge on any atom is -0.493 e. The van der Waals surface area contributed by atoms with Crippen molar-refractivity contribution in [3.8, 4) is 17.2 Å². The summed E-state index contributed by atoms with van der Waals surface area (Å²) in [6.45, 7) is 1.25. The van der Waals surface area contributed by atoms with E-state index < -0.39 is 0 Å². The standard InChI is InChI=1S/C13H20N2O4.ClH/c1-14-5-6-15-13(16)9-7-10(17-2)12(19-4)11(8-9)18-3;/h7-8,14H,5-6H2,1-4H3,(H,15,16);1H. The molecule has 1 aromatic rings. The van der Waals surface area contributed by atoms with E-state index in [0.717, 1.165) is 0 Å². The molecular formula is C13H21ClN2O4. The molecule has 0 radical (unpaired) electrons. The van der Waals surface area contributed by atoms with E-state index in [9.17, 15) is 4.79 Å². The Balaban J connectivity index is 0.00000361. The molecule has 0 heterocycles. The maximum absolute atomic E-state index is 12.0. The second-order valence-corrected chi connectivity index (χ2v) is 3.77. The lowest BCUT2D eigenvalue weighted by Crippen LogP contribution is -2.30. The molecule has 0 aromatic heterocycles. The molecular weight excluding hydrogens is 284 g/mol. The lowest BCUT2D eigenvalue weighted by atomic mass is 10.1. The molecule has 1 rings (SSSR count). The Morgan fingerprint density at radius 3 is 2.00 bits per heavy atom. The van der Waals surface area contributed by atoms with Crippen LogP contribution in [0.1, 0.15) is 10.4 Å². The van der Waals surface area contributed by atoms with Crippen molar-refractivity contribution in [1.82, 2.24) is 10.6 Å². The number of halogens is 1. The van der Waals surface area contributed by atoms with Gasteiger partial charge < -0.3 is 24.8 Å². The summed E-state index contributed by atoms with van der Waals surface area (Å²) in [5.41, 5.74) is 0.464. The highest BCUT2D eigenvalue weighted by molar-refractivity contribution is 5.95. The molecule has 0 saturated carbocycles. The monoisotopic (exact) mass is 304 g/mol. The first kappa shape index (κ1) is 18.3. The molecule has 1 amide bonds. The van der Waals surface area contributed by atoms with Crippen LogP contribution in [0.3, 0.4) is 0 Å². The molecule has 0 spiro atoms. The van der Waals surface area contributed by atoms with Crippen LogP contribution >= 0.6 is 12.4 Å². The Labute approximate surface area is 125 Å². The predicted octanol–water partition coefficient (Wildman–Crippen LogP) is 1.08. The zero-order valence-corrected chi connectivity index (χ0v) is 12.9. The number of amides is 1. The minimum absolute atomic E-state index is 0. The third-order valence-electron chi connectivity index (χ3n) is 2.59. The Morgan fingerprint density at radius 2 is 1.60 bits per heavy atom. The SMILES string of the molecule is CNCCNC(=O)c1cc(OC)c(OC)c(OC)c1.Cl. The number of hydrogen-bond acceptors (Lipinski definition) is 5. The zero-order valence-electron chi connectivity index (χ0n) is 12.1. The number of ether oxygens (including phenoxy) is 3. The fourth-order valence-corrected chi connectivity index (χ4v) is 1.62. The topological polar surface area (TPSA) is 68.8 Å². The van der Waals surface area contributed by atoms with Gasteiger partial charge in [0.2, 0.25) is 5.75 Å². The van der Waals surface area contributed by atoms with E-state index >= 15 is 0 Å². The number of nitrogens with one attached hydrogen (secondary N) is 2. The van der Waals surface area contributed by atoms with Crippen LogP contribution in [0.4, 0.5) is 0 Å². The highest BCUT2D eigenvalue weighted by Crippen LogP contribution is 2.38. The summed E-state index contributed by atoms with van der Waals surface area (Å²) in [6.07, 6.45) is 0. The summed E-state index contributed by atoms with van der Waals surface area (Å²) in [7, 11) is 6.37. The van der Waals surface area contributed by atoms with Gasteiger partial charge in [-0.05, 0) is 19.2 Å². The molecule has 1 aromatic carbocycles. The maximum atomic E-state index is 12.0. The van der Waals surface area contributed by atoms with Crippen molar-refractivity contribution < 1.29 is 19.0 Å². The maximum Gasteiger partial charge on any atom is 0.251 e. The van der Waals surface area contributed by atoms with Crippen LogP contribution in [0, 0.1) is 0 Å². The fourth-order valence-electron chi connectivity index (χ4n) is 1.62. The Bertz CT molecular complexity index is 415. The molecule has 0 saturated heterocycles. The first-order valence-electron chi connectivity index (χ1n) is 5.90. The smallest absolute Gasteiger partial charge is 0.251 e. The molecule has 0 bridgehead atoms. The highest BCUT2D eigenvalue weighted by Gasteiger charge is 2.16. The van der Waals surface area contributed by atoms with Gasteiger partial charge in [-0.3, -0.25) is 4.79 Å². The summed E-state index contributed by atoms with van der Waals surface area (Å²) in [5.74, 6) is 1.20. The van der Waals surface area contributed by atoms with Gasteiger partial charge in [-0.2, -0.15) is 0 Å². The lowest BCUT2D eigenvalue weighted by Gasteiger charge is -2.14. The van der Waals surface area contributed by atoms with Gasteiger partial charge >= 0.3 is 0 Å². The van der Waals surface area contributed by atoms with Crippen molar-refractivity contribution in [1.29, 1.82) is 0 Å². The van der Waals surface area contributed by atoms with Crippen molar-refractivity contribution in [2.75, 3.05) is 41.5 Å². The quantitative estimate of drug-likeness (QED) is 0.738. The van der Waals surface area contributed by atoms with Gasteiger partial charge in [0.05, 0.1) is 21.3 Å². The van der Waals surface area contributed by atoms with E-state index in [1.807, 2.05) is 7.05 Å². The average molecular weight is 305 g/mol. The number of carbonyl (C=O) groups is 1. The highest BCUT2D eigenvalue weighted by atomic mass is 35.5. The van der Waals surface area contributed by atoms with Crippen molar-refractivity contribution in [2.24, 2.45) is 0 Å². The van der Waals surface area contributed by atoms with E-state index in [0.29, 0.717) is 35.9 Å². The van der Waals surface area contributed by atoms with E-state index in [1.54, 1.807) is 12.1 Å². The van der Waals surface area contributed by atoms with Crippen LogP contribution in [0.2, 0.25) is 0 Å². The first-order valence-corrected chi connectivity index (χ1v) is 5.90. The number of rotatable bonds is 7. The molecule has 0 unspecified atom stereocenters. The molecule has 114 valence electrons. The number of carbonyl (C=O) groups excluding carboxylic acids is 1. The van der Waals surface area contributed by atoms with Crippen LogP contribution in [0.5, 0.6) is 17.2 Å². The molecule has 0 aliphatic rings. The molecule has 2 N–H and O–H groups in total. The van der Waals surface area contributed by atoms with Gasteiger partial charge in [-0.1, -0.05) is 0 Å². The van der Waals surface area contributed by atoms with Crippen molar-refractivity contribution in [3.05, 3.63) is 17.7 Å². The lowest BCUT2D eigenvalue weighted by molar-refractivity contribution is 0.0953. The van der Waals surface area contributed by atoms with Gasteiger partial charge in [0, 0.05) is 18.7 Å². The van der Waals surface area contributed by atoms with Gasteiger partial charge in [0.15, 0.2) is 11.5 Å². The molecule has 0 atom stereocenters. The first-order chi connectivity index (χ1) is 9.17. The van der Waals surface area contributed by atoms with E-state index in [4.69, 9.17) is 14.2 Å². The van der Waals surface area contributed by atoms with Crippen LogP contribution in [0.15, 0.2) is 12.1 Å². The Kier molecular flexibility index (Phi) is 8.51. The van der Waals surface area contributed by atoms with Crippen molar-refractivity contribution >= 4 is 18.3 Å². The van der Waals surface area contributed by atoms with Crippen LogP contribution < -0.4 is 24.8 Å². The minimum atomic E-state index is -0.186. The Morgan fingerprint density at radius 1 is 1.05 bits per heavy atom. The molecule has 0 aliphatic carbocycles. The molecule has 0 fully saturated rings. The van der Waals surface area contributed by atoms with Gasteiger partial charge in [-0.15, -0.1) is 12.4 Å². The van der Waals surface area contributed by atoms with Gasteiger partial charge in [0.25, 0.3) is 5.91 Å². The van der Waals surface area contributed by atoms with E-state index in [1.165, 1.54) is 21.3 Å². The van der Waals surface area contributed by atoms with Gasteiger partial charge in [-0.25, -0.2) is 0 Å². The Hall–Kier alpha value is -1.66. The van der Waals surface area contributed by atoms with E-state index in [-0.39, 0.29) is 18.3 Å². The summed E-state index contributed by atoms with van der Waals surface area (Å²) in [6, 6.07) is 3.24. The van der Waals surface area contributed by atoms with Crippen LogP contribution in [0.25, 0.3) is 0 Å². The molecule has 6 nitrogen and oxygen atoms in total. The normalized spacial score (nSPS) is 9.40. The number of benzene rings is 1. The summed E-state index contributed by atoms with van der Waals surface area (Å²) >= 11 is 0. The molecule has 20 heavy (non-hydrogen) atoms. The third kappa shape index (κ3) is 4.47.